The second kappa shape index (κ2) is 19.3. The van der Waals surface area contributed by atoms with Crippen molar-refractivity contribution in [3.8, 4) is 0 Å². The van der Waals surface area contributed by atoms with Crippen molar-refractivity contribution in [3.63, 3.8) is 0 Å². The van der Waals surface area contributed by atoms with E-state index >= 15 is 0 Å². The molecule has 0 rings (SSSR count). The fourth-order valence-corrected chi connectivity index (χ4v) is 2.48. The van der Waals surface area contributed by atoms with E-state index in [1.54, 1.807) is 0 Å². The van der Waals surface area contributed by atoms with Crippen molar-refractivity contribution in [2.45, 2.75) is 55.0 Å². The summed E-state index contributed by atoms with van der Waals surface area (Å²) >= 11 is 0. The fourth-order valence-electron chi connectivity index (χ4n) is 2.48. The number of aliphatic hydroxyl groups is 3. The highest BCUT2D eigenvalue weighted by atomic mass is 19.4. The highest BCUT2D eigenvalue weighted by Gasteiger charge is 2.75. The van der Waals surface area contributed by atoms with E-state index < -0.39 is 88.4 Å². The first-order valence-corrected chi connectivity index (χ1v) is 12.0. The molecular weight excluding hydrogens is 640 g/mol. The Morgan fingerprint density at radius 3 is 1.51 bits per heavy atom. The highest BCUT2D eigenvalue weighted by Crippen LogP contribution is 2.48. The van der Waals surface area contributed by atoms with Gasteiger partial charge in [0, 0.05) is 13.2 Å². The molecule has 0 aromatic carbocycles. The van der Waals surface area contributed by atoms with Gasteiger partial charge < -0.3 is 43.7 Å². The normalized spacial score (nSPS) is 15.3. The van der Waals surface area contributed by atoms with Crippen LogP contribution in [0.5, 0.6) is 0 Å². The highest BCUT2D eigenvalue weighted by molar-refractivity contribution is 4.97. The number of ether oxygens (including phenoxy) is 7. The van der Waals surface area contributed by atoms with E-state index in [1.165, 1.54) is 0 Å². The maximum atomic E-state index is 13.6. The van der Waals surface area contributed by atoms with E-state index in [2.05, 4.69) is 18.9 Å². The molecule has 0 spiro atoms. The molecule has 3 N–H and O–H groups in total. The average Bonchev–Trinajstić information content (AvgIpc) is 2.86. The van der Waals surface area contributed by atoms with E-state index in [4.69, 9.17) is 19.3 Å². The summed E-state index contributed by atoms with van der Waals surface area (Å²) in [5.74, 6) is -18.8. The molecule has 10 nitrogen and oxygen atoms in total. The SMILES string of the molecule is OCCCOCC(O)COCCOCOCC(F)(F)OC(F)(F)COCC(O)COCC(F)(F)C(F)(F)C(F)(F)C(F)F. The molecular formula is C21H32F12O10. The Balaban J connectivity index is 4.20. The summed E-state index contributed by atoms with van der Waals surface area (Å²) in [5, 5.41) is 27.5. The molecule has 2 unspecified atom stereocenters. The van der Waals surface area contributed by atoms with Gasteiger partial charge in [0.25, 0.3) is 0 Å². The van der Waals surface area contributed by atoms with Gasteiger partial charge in [0.2, 0.25) is 0 Å². The van der Waals surface area contributed by atoms with Crippen molar-refractivity contribution < 1.29 is 101 Å². The summed E-state index contributed by atoms with van der Waals surface area (Å²) in [6, 6.07) is 0. The minimum Gasteiger partial charge on any atom is -0.396 e. The molecule has 0 radical (unpaired) electrons. The average molecular weight is 672 g/mol. The fraction of sp³-hybridized carbons (Fsp3) is 1.00. The zero-order valence-corrected chi connectivity index (χ0v) is 22.2. The molecule has 0 saturated carbocycles. The van der Waals surface area contributed by atoms with Gasteiger partial charge in [-0.05, 0) is 6.42 Å². The summed E-state index contributed by atoms with van der Waals surface area (Å²) < 4.78 is 187. The molecule has 22 heteroatoms. The van der Waals surface area contributed by atoms with Gasteiger partial charge in [-0.2, -0.15) is 43.9 Å². The van der Waals surface area contributed by atoms with Gasteiger partial charge >= 0.3 is 36.4 Å². The maximum absolute atomic E-state index is 13.6. The van der Waals surface area contributed by atoms with Crippen LogP contribution < -0.4 is 0 Å². The molecule has 0 aliphatic carbocycles. The molecule has 0 aromatic rings. The smallest absolute Gasteiger partial charge is 0.383 e. The lowest BCUT2D eigenvalue weighted by molar-refractivity contribution is -0.396. The zero-order chi connectivity index (χ0) is 33.4. The third-order valence-corrected chi connectivity index (χ3v) is 4.50. The first-order chi connectivity index (χ1) is 19.7. The third-order valence-electron chi connectivity index (χ3n) is 4.50. The molecule has 0 bridgehead atoms. The topological polar surface area (TPSA) is 125 Å². The quantitative estimate of drug-likeness (QED) is 0.0682. The van der Waals surface area contributed by atoms with Crippen LogP contribution in [0.15, 0.2) is 0 Å². The lowest BCUT2D eigenvalue weighted by Gasteiger charge is -2.32. The van der Waals surface area contributed by atoms with Crippen molar-refractivity contribution in [2.24, 2.45) is 0 Å². The van der Waals surface area contributed by atoms with Crippen molar-refractivity contribution in [2.75, 3.05) is 79.5 Å². The zero-order valence-electron chi connectivity index (χ0n) is 22.2. The minimum atomic E-state index is -6.56. The molecule has 0 amide bonds. The third kappa shape index (κ3) is 16.6. The van der Waals surface area contributed by atoms with Crippen molar-refractivity contribution in [3.05, 3.63) is 0 Å². The molecule has 0 fully saturated rings. The molecule has 0 aromatic heterocycles. The lowest BCUT2D eigenvalue weighted by atomic mass is 10.1. The maximum Gasteiger partial charge on any atom is 0.383 e. The van der Waals surface area contributed by atoms with Gasteiger partial charge in [-0.3, -0.25) is 4.74 Å². The number of rotatable bonds is 27. The van der Waals surface area contributed by atoms with Crippen LogP contribution in [0.25, 0.3) is 0 Å². The number of hydrogen-bond acceptors (Lipinski definition) is 10. The number of aliphatic hydroxyl groups excluding tert-OH is 3. The van der Waals surface area contributed by atoms with E-state index in [1.807, 2.05) is 0 Å². The second-order valence-corrected chi connectivity index (χ2v) is 8.52. The Morgan fingerprint density at radius 2 is 1.00 bits per heavy atom. The van der Waals surface area contributed by atoms with Gasteiger partial charge in [-0.15, -0.1) is 0 Å². The van der Waals surface area contributed by atoms with Crippen LogP contribution in [-0.2, 0) is 33.2 Å². The number of hydrogen-bond donors (Lipinski definition) is 3. The van der Waals surface area contributed by atoms with Crippen LogP contribution in [-0.4, -0.2) is 143 Å². The van der Waals surface area contributed by atoms with Crippen LogP contribution in [0.3, 0.4) is 0 Å². The predicted octanol–water partition coefficient (Wildman–Crippen LogP) is 2.52. The van der Waals surface area contributed by atoms with Crippen LogP contribution in [0.2, 0.25) is 0 Å². The van der Waals surface area contributed by atoms with Gasteiger partial charge in [0.05, 0.1) is 39.6 Å². The molecule has 0 saturated heterocycles. The largest absolute Gasteiger partial charge is 0.396 e. The Labute approximate surface area is 236 Å². The Morgan fingerprint density at radius 1 is 0.558 bits per heavy atom. The van der Waals surface area contributed by atoms with Crippen LogP contribution >= 0.6 is 0 Å². The van der Waals surface area contributed by atoms with Crippen molar-refractivity contribution in [1.29, 1.82) is 0 Å². The summed E-state index contributed by atoms with van der Waals surface area (Å²) in [6.07, 6.45) is -17.2. The van der Waals surface area contributed by atoms with E-state index in [9.17, 15) is 62.9 Å². The Kier molecular flexibility index (Phi) is 18.8. The van der Waals surface area contributed by atoms with Crippen molar-refractivity contribution in [1.82, 2.24) is 0 Å². The molecule has 0 aliphatic rings. The molecule has 0 heterocycles. The Hall–Kier alpha value is -1.24. The molecule has 260 valence electrons. The van der Waals surface area contributed by atoms with Gasteiger partial charge in [0.15, 0.2) is 0 Å². The van der Waals surface area contributed by atoms with Gasteiger partial charge in [-0.25, -0.2) is 8.78 Å². The number of halogens is 12. The van der Waals surface area contributed by atoms with Crippen LogP contribution in [0.4, 0.5) is 52.7 Å². The van der Waals surface area contributed by atoms with Crippen molar-refractivity contribution >= 4 is 0 Å². The standard InChI is InChI=1S/C21H32F12O10/c22-16(23)20(30,31)21(32,33)17(24,25)10-40-8-15(36)9-41-11-18(26,27)43-19(28,29)12-42-13-39-5-4-38-7-14(35)6-37-3-1-2-34/h14-16,34-36H,1-13H2. The predicted molar refractivity (Wildman–Crippen MR) is 116 cm³/mol. The van der Waals surface area contributed by atoms with E-state index in [0.29, 0.717) is 6.42 Å². The lowest BCUT2D eigenvalue weighted by Crippen LogP contribution is -2.59. The monoisotopic (exact) mass is 672 g/mol. The molecule has 0 aliphatic heterocycles. The minimum absolute atomic E-state index is 0.0615. The summed E-state index contributed by atoms with van der Waals surface area (Å²) in [4.78, 5) is 0. The summed E-state index contributed by atoms with van der Waals surface area (Å²) in [6.45, 7) is -10.2. The summed E-state index contributed by atoms with van der Waals surface area (Å²) in [5.41, 5.74) is 0. The second-order valence-electron chi connectivity index (χ2n) is 8.52. The number of alkyl halides is 12. The first kappa shape index (κ1) is 41.8. The van der Waals surface area contributed by atoms with Gasteiger partial charge in [0.1, 0.15) is 38.8 Å². The van der Waals surface area contributed by atoms with E-state index in [0.717, 1.165) is 0 Å². The van der Waals surface area contributed by atoms with Gasteiger partial charge in [-0.1, -0.05) is 0 Å². The molecule has 43 heavy (non-hydrogen) atoms. The summed E-state index contributed by atoms with van der Waals surface area (Å²) in [7, 11) is 0. The Bertz CT molecular complexity index is 737. The van der Waals surface area contributed by atoms with E-state index in [-0.39, 0.29) is 39.6 Å². The molecule has 2 atom stereocenters. The van der Waals surface area contributed by atoms with Crippen LogP contribution in [0.1, 0.15) is 6.42 Å². The van der Waals surface area contributed by atoms with Crippen LogP contribution in [0, 0.1) is 0 Å². The first-order valence-electron chi connectivity index (χ1n) is 12.0.